The number of nitrogens with one attached hydrogen (secondary N) is 1. The fourth-order valence-electron chi connectivity index (χ4n) is 3.55. The number of rotatable bonds is 3. The molecule has 0 saturated carbocycles. The highest BCUT2D eigenvalue weighted by atomic mass is 16.2. The van der Waals surface area contributed by atoms with E-state index in [-0.39, 0.29) is 23.9 Å². The molecular formula is C20H26N4O2. The number of imidazole rings is 1. The van der Waals surface area contributed by atoms with Gasteiger partial charge in [0.25, 0.3) is 5.91 Å². The van der Waals surface area contributed by atoms with Crippen molar-refractivity contribution in [1.29, 1.82) is 0 Å². The van der Waals surface area contributed by atoms with Gasteiger partial charge in [0, 0.05) is 42.6 Å². The van der Waals surface area contributed by atoms with Gasteiger partial charge in [0.15, 0.2) is 0 Å². The van der Waals surface area contributed by atoms with Crippen molar-refractivity contribution in [2.45, 2.75) is 46.2 Å². The van der Waals surface area contributed by atoms with Crippen LogP contribution in [0.25, 0.3) is 0 Å². The Morgan fingerprint density at radius 2 is 1.85 bits per heavy atom. The molecular weight excluding hydrogens is 328 g/mol. The van der Waals surface area contributed by atoms with Crippen molar-refractivity contribution in [3.63, 3.8) is 0 Å². The number of H-pyrrole nitrogens is 1. The van der Waals surface area contributed by atoms with Gasteiger partial charge in [0.2, 0.25) is 5.91 Å². The maximum absolute atomic E-state index is 13.1. The number of carbonyl (C=O) groups excluding carboxylic acids is 2. The fraction of sp³-hybridized carbons (Fsp3) is 0.450. The van der Waals surface area contributed by atoms with Crippen LogP contribution in [0.2, 0.25) is 0 Å². The Morgan fingerprint density at radius 1 is 1.15 bits per heavy atom. The first-order valence-electron chi connectivity index (χ1n) is 9.03. The number of aromatic amines is 1. The molecule has 1 saturated heterocycles. The van der Waals surface area contributed by atoms with Crippen molar-refractivity contribution in [3.05, 3.63) is 53.1 Å². The third-order valence-corrected chi connectivity index (χ3v) is 5.36. The highest BCUT2D eigenvalue weighted by Crippen LogP contribution is 2.22. The van der Waals surface area contributed by atoms with Gasteiger partial charge in [-0.2, -0.15) is 0 Å². The van der Waals surface area contributed by atoms with Crippen LogP contribution in [-0.4, -0.2) is 56.8 Å². The van der Waals surface area contributed by atoms with Gasteiger partial charge in [-0.3, -0.25) is 9.59 Å². The van der Waals surface area contributed by atoms with Crippen LogP contribution in [0.5, 0.6) is 0 Å². The molecule has 0 radical (unpaired) electrons. The smallest absolute Gasteiger partial charge is 0.254 e. The van der Waals surface area contributed by atoms with Crippen molar-refractivity contribution in [2.24, 2.45) is 0 Å². The SMILES string of the molecule is Cc1ccc(C)c(C(=O)N2CCN(C(=O)Cc3cnc[nH]3)[C@H](C)[C@@H]2C)c1. The van der Waals surface area contributed by atoms with E-state index in [4.69, 9.17) is 0 Å². The average Bonchev–Trinajstić information content (AvgIpc) is 3.11. The van der Waals surface area contributed by atoms with E-state index in [0.29, 0.717) is 19.5 Å². The summed E-state index contributed by atoms with van der Waals surface area (Å²) in [6.45, 7) is 9.09. The Balaban J connectivity index is 1.73. The van der Waals surface area contributed by atoms with Gasteiger partial charge in [0.1, 0.15) is 0 Å². The average molecular weight is 354 g/mol. The molecule has 26 heavy (non-hydrogen) atoms. The highest BCUT2D eigenvalue weighted by molar-refractivity contribution is 5.96. The van der Waals surface area contributed by atoms with Crippen LogP contribution in [-0.2, 0) is 11.2 Å². The molecule has 1 aromatic heterocycles. The molecule has 0 unspecified atom stereocenters. The third-order valence-electron chi connectivity index (χ3n) is 5.36. The maximum atomic E-state index is 13.1. The van der Waals surface area contributed by atoms with Crippen LogP contribution in [0.4, 0.5) is 0 Å². The number of aromatic nitrogens is 2. The van der Waals surface area contributed by atoms with E-state index in [0.717, 1.165) is 22.4 Å². The van der Waals surface area contributed by atoms with Crippen LogP contribution in [0, 0.1) is 13.8 Å². The number of benzene rings is 1. The Hall–Kier alpha value is -2.63. The van der Waals surface area contributed by atoms with Gasteiger partial charge in [0.05, 0.1) is 12.7 Å². The summed E-state index contributed by atoms with van der Waals surface area (Å²) in [5.74, 6) is 0.110. The first-order chi connectivity index (χ1) is 12.4. The summed E-state index contributed by atoms with van der Waals surface area (Å²) in [4.78, 5) is 36.4. The predicted molar refractivity (Wildman–Crippen MR) is 99.9 cm³/mol. The van der Waals surface area contributed by atoms with E-state index in [2.05, 4.69) is 9.97 Å². The zero-order valence-corrected chi connectivity index (χ0v) is 15.8. The third kappa shape index (κ3) is 3.49. The Labute approximate surface area is 154 Å². The molecule has 1 aliphatic heterocycles. The van der Waals surface area contributed by atoms with E-state index in [1.165, 1.54) is 0 Å². The summed E-state index contributed by atoms with van der Waals surface area (Å²) < 4.78 is 0. The molecule has 2 aromatic rings. The summed E-state index contributed by atoms with van der Waals surface area (Å²) >= 11 is 0. The van der Waals surface area contributed by atoms with Gasteiger partial charge in [-0.15, -0.1) is 0 Å². The highest BCUT2D eigenvalue weighted by Gasteiger charge is 2.36. The standard InChI is InChI=1S/C20H26N4O2/c1-13-5-6-14(2)18(9-13)20(26)24-8-7-23(15(3)16(24)4)19(25)10-17-11-21-12-22-17/h5-6,9,11-12,15-16H,7-8,10H2,1-4H3,(H,21,22)/t15-,16+/m1/s1. The number of piperazine rings is 1. The van der Waals surface area contributed by atoms with E-state index >= 15 is 0 Å². The molecule has 1 aliphatic rings. The van der Waals surface area contributed by atoms with Gasteiger partial charge in [-0.1, -0.05) is 17.7 Å². The minimum Gasteiger partial charge on any atom is -0.348 e. The van der Waals surface area contributed by atoms with Crippen molar-refractivity contribution < 1.29 is 9.59 Å². The Kier molecular flexibility index (Phi) is 5.11. The topological polar surface area (TPSA) is 69.3 Å². The number of hydrogen-bond donors (Lipinski definition) is 1. The second kappa shape index (κ2) is 7.32. The molecule has 2 heterocycles. The summed E-state index contributed by atoms with van der Waals surface area (Å²) in [7, 11) is 0. The molecule has 1 aromatic carbocycles. The summed E-state index contributed by atoms with van der Waals surface area (Å²) in [5.41, 5.74) is 3.62. The molecule has 3 rings (SSSR count). The van der Waals surface area contributed by atoms with Crippen LogP contribution in [0.15, 0.2) is 30.7 Å². The predicted octanol–water partition coefficient (Wildman–Crippen LogP) is 2.33. The molecule has 2 amide bonds. The lowest BCUT2D eigenvalue weighted by atomic mass is 9.99. The molecule has 6 heteroatoms. The van der Waals surface area contributed by atoms with Crippen molar-refractivity contribution in [3.8, 4) is 0 Å². The monoisotopic (exact) mass is 354 g/mol. The van der Waals surface area contributed by atoms with Crippen molar-refractivity contribution in [2.75, 3.05) is 13.1 Å². The molecule has 6 nitrogen and oxygen atoms in total. The van der Waals surface area contributed by atoms with Crippen LogP contribution in [0.1, 0.15) is 41.0 Å². The molecule has 0 spiro atoms. The zero-order chi connectivity index (χ0) is 18.8. The van der Waals surface area contributed by atoms with Gasteiger partial charge in [-0.25, -0.2) is 4.98 Å². The quantitative estimate of drug-likeness (QED) is 0.920. The van der Waals surface area contributed by atoms with Crippen LogP contribution in [0.3, 0.4) is 0 Å². The second-order valence-corrected chi connectivity index (χ2v) is 7.14. The number of hydrogen-bond acceptors (Lipinski definition) is 3. The van der Waals surface area contributed by atoms with Crippen LogP contribution >= 0.6 is 0 Å². The van der Waals surface area contributed by atoms with E-state index in [9.17, 15) is 9.59 Å². The van der Waals surface area contributed by atoms with E-state index < -0.39 is 0 Å². The largest absolute Gasteiger partial charge is 0.348 e. The number of amides is 2. The molecule has 0 bridgehead atoms. The second-order valence-electron chi connectivity index (χ2n) is 7.14. The summed E-state index contributed by atoms with van der Waals surface area (Å²) in [5, 5.41) is 0. The number of nitrogens with zero attached hydrogens (tertiary/aromatic N) is 3. The van der Waals surface area contributed by atoms with Gasteiger partial charge in [-0.05, 0) is 39.3 Å². The maximum Gasteiger partial charge on any atom is 0.254 e. The number of carbonyl (C=O) groups is 2. The van der Waals surface area contributed by atoms with Crippen molar-refractivity contribution in [1.82, 2.24) is 19.8 Å². The summed E-state index contributed by atoms with van der Waals surface area (Å²) in [6, 6.07) is 5.88. The Morgan fingerprint density at radius 3 is 2.54 bits per heavy atom. The summed E-state index contributed by atoms with van der Waals surface area (Å²) in [6.07, 6.45) is 3.56. The fourth-order valence-corrected chi connectivity index (χ4v) is 3.55. The zero-order valence-electron chi connectivity index (χ0n) is 15.8. The molecule has 2 atom stereocenters. The lowest BCUT2D eigenvalue weighted by Gasteiger charge is -2.45. The lowest BCUT2D eigenvalue weighted by Crippen LogP contribution is -2.60. The van der Waals surface area contributed by atoms with E-state index in [1.54, 1.807) is 12.5 Å². The van der Waals surface area contributed by atoms with Crippen molar-refractivity contribution >= 4 is 11.8 Å². The first kappa shape index (κ1) is 18.2. The molecule has 1 fully saturated rings. The first-order valence-corrected chi connectivity index (χ1v) is 9.03. The lowest BCUT2D eigenvalue weighted by molar-refractivity contribution is -0.136. The molecule has 0 aliphatic carbocycles. The number of aryl methyl sites for hydroxylation is 2. The van der Waals surface area contributed by atoms with Crippen LogP contribution < -0.4 is 0 Å². The van der Waals surface area contributed by atoms with E-state index in [1.807, 2.05) is 55.7 Å². The Bertz CT molecular complexity index is 800. The minimum absolute atomic E-state index is 0.0340. The van der Waals surface area contributed by atoms with Gasteiger partial charge < -0.3 is 14.8 Å². The minimum atomic E-state index is -0.0399. The molecule has 1 N–H and O–H groups in total. The normalized spacial score (nSPS) is 20.3. The van der Waals surface area contributed by atoms with Gasteiger partial charge >= 0.3 is 0 Å². The molecule has 138 valence electrons.